The van der Waals surface area contributed by atoms with E-state index in [-0.39, 0.29) is 5.91 Å². The number of anilines is 2. The Morgan fingerprint density at radius 3 is 2.88 bits per heavy atom. The second kappa shape index (κ2) is 5.98. The van der Waals surface area contributed by atoms with Crippen molar-refractivity contribution in [3.05, 3.63) is 71.2 Å². The fourth-order valence-electron chi connectivity index (χ4n) is 3.48. The van der Waals surface area contributed by atoms with Crippen LogP contribution >= 0.6 is 0 Å². The number of benzene rings is 1. The lowest BCUT2D eigenvalue weighted by atomic mass is 10.1. The predicted molar refractivity (Wildman–Crippen MR) is 99.1 cm³/mol. The first-order valence-electron chi connectivity index (χ1n) is 8.91. The normalized spacial score (nSPS) is 15.8. The fraction of sp³-hybridized carbons (Fsp3) is 0.250. The maximum absolute atomic E-state index is 12.6. The van der Waals surface area contributed by atoms with Crippen molar-refractivity contribution in [1.82, 2.24) is 15.2 Å². The van der Waals surface area contributed by atoms with E-state index in [0.29, 0.717) is 11.6 Å². The highest BCUT2D eigenvalue weighted by molar-refractivity contribution is 6.03. The van der Waals surface area contributed by atoms with Crippen LogP contribution < -0.4 is 10.2 Å². The average Bonchev–Trinajstić information content (AvgIpc) is 3.23. The number of rotatable bonds is 4. The third-order valence-corrected chi connectivity index (χ3v) is 5.05. The monoisotopic (exact) mass is 345 g/mol. The lowest BCUT2D eigenvalue weighted by Crippen LogP contribution is -2.17. The van der Waals surface area contributed by atoms with Crippen LogP contribution in [0, 0.1) is 0 Å². The molecule has 1 aromatic carbocycles. The molecule has 0 unspecified atom stereocenters. The molecule has 0 saturated heterocycles. The van der Waals surface area contributed by atoms with Crippen LogP contribution in [0.15, 0.2) is 48.7 Å². The molecule has 1 aliphatic heterocycles. The van der Waals surface area contributed by atoms with E-state index in [9.17, 15) is 4.79 Å². The zero-order chi connectivity index (χ0) is 17.5. The Morgan fingerprint density at radius 2 is 2.08 bits per heavy atom. The van der Waals surface area contributed by atoms with Crippen LogP contribution in [0.5, 0.6) is 0 Å². The number of hydrogen-bond acceptors (Lipinski definition) is 4. The second-order valence-electron chi connectivity index (χ2n) is 6.92. The van der Waals surface area contributed by atoms with Gasteiger partial charge in [0.05, 0.1) is 0 Å². The van der Waals surface area contributed by atoms with Crippen molar-refractivity contribution in [1.29, 1.82) is 0 Å². The van der Waals surface area contributed by atoms with Gasteiger partial charge in [-0.2, -0.15) is 5.10 Å². The topological polar surface area (TPSA) is 73.9 Å². The van der Waals surface area contributed by atoms with Crippen molar-refractivity contribution in [2.75, 3.05) is 10.2 Å². The van der Waals surface area contributed by atoms with Crippen molar-refractivity contribution in [3.8, 4) is 0 Å². The third-order valence-electron chi connectivity index (χ3n) is 5.05. The van der Waals surface area contributed by atoms with E-state index in [4.69, 9.17) is 0 Å². The highest BCUT2D eigenvalue weighted by atomic mass is 16.1. The van der Waals surface area contributed by atoms with Gasteiger partial charge in [-0.3, -0.25) is 9.89 Å². The van der Waals surface area contributed by atoms with Gasteiger partial charge in [0.1, 0.15) is 5.82 Å². The Labute approximate surface area is 151 Å². The maximum atomic E-state index is 12.6. The average molecular weight is 345 g/mol. The van der Waals surface area contributed by atoms with Crippen LogP contribution in [-0.4, -0.2) is 21.1 Å². The van der Waals surface area contributed by atoms with Gasteiger partial charge in [0, 0.05) is 36.6 Å². The molecule has 1 saturated carbocycles. The molecule has 0 radical (unpaired) electrons. The molecule has 1 fully saturated rings. The molecule has 6 nitrogen and oxygen atoms in total. The zero-order valence-electron chi connectivity index (χ0n) is 14.3. The van der Waals surface area contributed by atoms with Gasteiger partial charge in [0.2, 0.25) is 0 Å². The Bertz CT molecular complexity index is 961. The summed E-state index contributed by atoms with van der Waals surface area (Å²) in [6, 6.07) is 13.8. The summed E-state index contributed by atoms with van der Waals surface area (Å²) in [6.07, 6.45) is 4.16. The molecule has 1 aliphatic carbocycles. The van der Waals surface area contributed by atoms with E-state index < -0.39 is 0 Å². The fourth-order valence-corrected chi connectivity index (χ4v) is 3.48. The molecule has 3 aromatic rings. The van der Waals surface area contributed by atoms with Crippen LogP contribution in [-0.2, 0) is 13.1 Å². The largest absolute Gasteiger partial charge is 0.348 e. The number of nitrogens with zero attached hydrogens (tertiary/aromatic N) is 3. The number of nitrogens with one attached hydrogen (secondary N) is 2. The molecule has 6 heteroatoms. The van der Waals surface area contributed by atoms with E-state index in [1.165, 1.54) is 18.4 Å². The van der Waals surface area contributed by atoms with Crippen LogP contribution in [0.4, 0.5) is 11.5 Å². The molecule has 2 N–H and O–H groups in total. The van der Waals surface area contributed by atoms with Gasteiger partial charge in [-0.15, -0.1) is 0 Å². The molecular weight excluding hydrogens is 326 g/mol. The van der Waals surface area contributed by atoms with E-state index in [1.54, 1.807) is 6.20 Å². The highest BCUT2D eigenvalue weighted by Gasteiger charge is 2.27. The number of amides is 1. The molecule has 5 rings (SSSR count). The molecule has 0 spiro atoms. The standard InChI is InChI=1S/C20H19N5O/c26-20(18-10-17(23-24-18)13-7-8-13)22-16-5-3-4-14-11-25(12-15(14)16)19-6-1-2-9-21-19/h1-6,9-10,13H,7-8,11-12H2,(H,22,26)(H,23,24). The molecule has 1 amide bonds. The summed E-state index contributed by atoms with van der Waals surface area (Å²) in [5, 5.41) is 10.2. The lowest BCUT2D eigenvalue weighted by molar-refractivity contribution is 0.102. The third kappa shape index (κ3) is 2.73. The van der Waals surface area contributed by atoms with Crippen LogP contribution in [0.25, 0.3) is 0 Å². The van der Waals surface area contributed by atoms with Gasteiger partial charge in [-0.25, -0.2) is 4.98 Å². The van der Waals surface area contributed by atoms with Crippen molar-refractivity contribution >= 4 is 17.4 Å². The second-order valence-corrected chi connectivity index (χ2v) is 6.92. The highest BCUT2D eigenvalue weighted by Crippen LogP contribution is 2.39. The molecule has 3 heterocycles. The maximum Gasteiger partial charge on any atom is 0.276 e. The van der Waals surface area contributed by atoms with Gasteiger partial charge in [-0.1, -0.05) is 18.2 Å². The number of carbonyl (C=O) groups excluding carboxylic acids is 1. The number of hydrogen-bond donors (Lipinski definition) is 2. The Morgan fingerprint density at radius 1 is 1.15 bits per heavy atom. The molecular formula is C20H19N5O. The van der Waals surface area contributed by atoms with E-state index >= 15 is 0 Å². The van der Waals surface area contributed by atoms with Crippen LogP contribution in [0.3, 0.4) is 0 Å². The van der Waals surface area contributed by atoms with Crippen molar-refractivity contribution < 1.29 is 4.79 Å². The Hall–Kier alpha value is -3.15. The zero-order valence-corrected chi connectivity index (χ0v) is 14.3. The molecule has 2 aliphatic rings. The number of pyridine rings is 1. The summed E-state index contributed by atoms with van der Waals surface area (Å²) < 4.78 is 0. The van der Waals surface area contributed by atoms with Crippen molar-refractivity contribution in [2.24, 2.45) is 0 Å². The number of fused-ring (bicyclic) bond motifs is 1. The van der Waals surface area contributed by atoms with Crippen LogP contribution in [0.2, 0.25) is 0 Å². The smallest absolute Gasteiger partial charge is 0.276 e. The first-order chi connectivity index (χ1) is 12.8. The predicted octanol–water partition coefficient (Wildman–Crippen LogP) is 3.45. The summed E-state index contributed by atoms with van der Waals surface area (Å²) in [5.41, 5.74) is 4.72. The molecule has 0 atom stereocenters. The van der Waals surface area contributed by atoms with E-state index in [2.05, 4.69) is 31.5 Å². The van der Waals surface area contributed by atoms with Crippen molar-refractivity contribution in [2.45, 2.75) is 31.8 Å². The van der Waals surface area contributed by atoms with Gasteiger partial charge in [0.25, 0.3) is 5.91 Å². The summed E-state index contributed by atoms with van der Waals surface area (Å²) in [7, 11) is 0. The minimum absolute atomic E-state index is 0.169. The van der Waals surface area contributed by atoms with E-state index in [1.807, 2.05) is 36.4 Å². The summed E-state index contributed by atoms with van der Waals surface area (Å²) >= 11 is 0. The summed E-state index contributed by atoms with van der Waals surface area (Å²) in [6.45, 7) is 1.53. The SMILES string of the molecule is O=C(Nc1cccc2c1CN(c1ccccn1)C2)c1cc(C2CC2)[nH]n1. The first kappa shape index (κ1) is 15.1. The van der Waals surface area contributed by atoms with Crippen LogP contribution in [0.1, 0.15) is 46.1 Å². The minimum atomic E-state index is -0.169. The lowest BCUT2D eigenvalue weighted by Gasteiger charge is -2.16. The number of carbonyl (C=O) groups is 1. The molecule has 130 valence electrons. The number of H-pyrrole nitrogens is 1. The summed E-state index contributed by atoms with van der Waals surface area (Å²) in [4.78, 5) is 19.2. The minimum Gasteiger partial charge on any atom is -0.348 e. The summed E-state index contributed by atoms with van der Waals surface area (Å²) in [5.74, 6) is 1.33. The molecule has 26 heavy (non-hydrogen) atoms. The number of aromatic amines is 1. The Balaban J connectivity index is 1.36. The number of aromatic nitrogens is 3. The van der Waals surface area contributed by atoms with Gasteiger partial charge >= 0.3 is 0 Å². The molecule has 0 bridgehead atoms. The first-order valence-corrected chi connectivity index (χ1v) is 8.91. The molecule has 2 aromatic heterocycles. The van der Waals surface area contributed by atoms with Crippen molar-refractivity contribution in [3.63, 3.8) is 0 Å². The van der Waals surface area contributed by atoms with Gasteiger partial charge in [0.15, 0.2) is 5.69 Å². The van der Waals surface area contributed by atoms with Gasteiger partial charge < -0.3 is 10.2 Å². The Kier molecular flexibility index (Phi) is 3.48. The quantitative estimate of drug-likeness (QED) is 0.759. The van der Waals surface area contributed by atoms with Gasteiger partial charge in [-0.05, 0) is 48.2 Å². The van der Waals surface area contributed by atoms with E-state index in [0.717, 1.165) is 35.9 Å².